The third-order valence-electron chi connectivity index (χ3n) is 3.03. The van der Waals surface area contributed by atoms with Crippen molar-refractivity contribution in [3.05, 3.63) is 41.4 Å². The summed E-state index contributed by atoms with van der Waals surface area (Å²) in [6, 6.07) is 2.11. The zero-order valence-corrected chi connectivity index (χ0v) is 11.4. The first-order valence-corrected chi connectivity index (χ1v) is 6.47. The van der Waals surface area contributed by atoms with Gasteiger partial charge in [-0.15, -0.1) is 0 Å². The summed E-state index contributed by atoms with van der Waals surface area (Å²) in [5.74, 6) is 3.04. The summed E-state index contributed by atoms with van der Waals surface area (Å²) in [5.41, 5.74) is 1.21. The van der Waals surface area contributed by atoms with Crippen LogP contribution in [0.5, 0.6) is 0 Å². The van der Waals surface area contributed by atoms with Crippen LogP contribution in [0.4, 0.5) is 0 Å². The van der Waals surface area contributed by atoms with Crippen molar-refractivity contribution in [2.24, 2.45) is 0 Å². The summed E-state index contributed by atoms with van der Waals surface area (Å²) in [7, 11) is 0. The molecule has 2 aromatic heterocycles. The first-order chi connectivity index (χ1) is 8.70. The smallest absolute Gasteiger partial charge is 0.124 e. The Morgan fingerprint density at radius 2 is 2.22 bits per heavy atom. The minimum Gasteiger partial charge on any atom is -0.463 e. The van der Waals surface area contributed by atoms with Gasteiger partial charge in [0, 0.05) is 12.4 Å². The lowest BCUT2D eigenvalue weighted by Gasteiger charge is -2.02. The van der Waals surface area contributed by atoms with Crippen molar-refractivity contribution in [1.82, 2.24) is 14.9 Å². The van der Waals surface area contributed by atoms with Gasteiger partial charge in [0.05, 0.1) is 13.1 Å². The van der Waals surface area contributed by atoms with Gasteiger partial charge in [-0.2, -0.15) is 0 Å². The molecule has 2 aromatic rings. The van der Waals surface area contributed by atoms with Crippen LogP contribution in [0.3, 0.4) is 0 Å². The van der Waals surface area contributed by atoms with E-state index >= 15 is 0 Å². The van der Waals surface area contributed by atoms with E-state index in [-0.39, 0.29) is 0 Å². The number of furan rings is 1. The molecule has 0 aliphatic rings. The van der Waals surface area contributed by atoms with Crippen LogP contribution >= 0.6 is 0 Å². The minimum atomic E-state index is 0.750. The van der Waals surface area contributed by atoms with Gasteiger partial charge in [-0.25, -0.2) is 4.98 Å². The molecule has 0 aliphatic carbocycles. The van der Waals surface area contributed by atoms with Crippen LogP contribution in [0.1, 0.15) is 36.3 Å². The number of rotatable bonds is 6. The molecule has 0 aromatic carbocycles. The largest absolute Gasteiger partial charge is 0.463 e. The van der Waals surface area contributed by atoms with Gasteiger partial charge in [-0.1, -0.05) is 6.92 Å². The molecule has 2 rings (SSSR count). The number of aryl methyl sites for hydroxylation is 2. The lowest BCUT2D eigenvalue weighted by Crippen LogP contribution is -2.13. The number of hydrogen-bond acceptors (Lipinski definition) is 3. The van der Waals surface area contributed by atoms with Crippen molar-refractivity contribution in [3.63, 3.8) is 0 Å². The molecule has 0 unspecified atom stereocenters. The van der Waals surface area contributed by atoms with E-state index in [9.17, 15) is 0 Å². The summed E-state index contributed by atoms with van der Waals surface area (Å²) in [4.78, 5) is 4.21. The summed E-state index contributed by atoms with van der Waals surface area (Å²) in [6.45, 7) is 8.84. The molecule has 0 fully saturated rings. The first-order valence-electron chi connectivity index (χ1n) is 6.47. The fourth-order valence-corrected chi connectivity index (χ4v) is 1.96. The molecule has 0 radical (unpaired) electrons. The number of aromatic nitrogens is 2. The Morgan fingerprint density at radius 1 is 1.39 bits per heavy atom. The molecule has 0 bridgehead atoms. The third-order valence-corrected chi connectivity index (χ3v) is 3.03. The summed E-state index contributed by atoms with van der Waals surface area (Å²) in [6.07, 6.45) is 4.93. The van der Waals surface area contributed by atoms with Gasteiger partial charge in [-0.05, 0) is 38.4 Å². The number of imidazole rings is 1. The molecule has 4 nitrogen and oxygen atoms in total. The summed E-state index contributed by atoms with van der Waals surface area (Å²) in [5, 5.41) is 3.36. The van der Waals surface area contributed by atoms with Crippen LogP contribution in [-0.4, -0.2) is 16.1 Å². The van der Waals surface area contributed by atoms with Crippen molar-refractivity contribution < 1.29 is 4.42 Å². The van der Waals surface area contributed by atoms with Crippen LogP contribution in [0.15, 0.2) is 22.9 Å². The van der Waals surface area contributed by atoms with Crippen molar-refractivity contribution in [3.8, 4) is 0 Å². The van der Waals surface area contributed by atoms with E-state index in [0.29, 0.717) is 0 Å². The molecule has 18 heavy (non-hydrogen) atoms. The maximum atomic E-state index is 5.88. The standard InChI is InChI=1S/C14H21N3O/c1-4-5-15-9-14-11(2)8-13(18-14)10-17-7-6-16-12(17)3/h6-8,15H,4-5,9-10H2,1-3H3. The lowest BCUT2D eigenvalue weighted by atomic mass is 10.2. The lowest BCUT2D eigenvalue weighted by molar-refractivity contribution is 0.434. The van der Waals surface area contributed by atoms with E-state index in [1.165, 1.54) is 5.56 Å². The second-order valence-corrected chi connectivity index (χ2v) is 4.60. The van der Waals surface area contributed by atoms with E-state index in [0.717, 1.165) is 43.4 Å². The molecular weight excluding hydrogens is 226 g/mol. The van der Waals surface area contributed by atoms with Gasteiger partial charge in [0.15, 0.2) is 0 Å². The van der Waals surface area contributed by atoms with Crippen molar-refractivity contribution in [1.29, 1.82) is 0 Å². The molecule has 2 heterocycles. The molecule has 0 atom stereocenters. The van der Waals surface area contributed by atoms with Crippen LogP contribution < -0.4 is 5.32 Å². The topological polar surface area (TPSA) is 43.0 Å². The number of nitrogens with zero attached hydrogens (tertiary/aromatic N) is 2. The monoisotopic (exact) mass is 247 g/mol. The molecule has 98 valence electrons. The fourth-order valence-electron chi connectivity index (χ4n) is 1.96. The predicted octanol–water partition coefficient (Wildman–Crippen LogP) is 2.64. The van der Waals surface area contributed by atoms with Crippen LogP contribution in [0.2, 0.25) is 0 Å². The zero-order chi connectivity index (χ0) is 13.0. The third kappa shape index (κ3) is 3.01. The Bertz CT molecular complexity index is 499. The molecule has 1 N–H and O–H groups in total. The molecule has 0 amide bonds. The van der Waals surface area contributed by atoms with Gasteiger partial charge in [0.1, 0.15) is 17.3 Å². The molecule has 0 saturated heterocycles. The Morgan fingerprint density at radius 3 is 2.89 bits per heavy atom. The Hall–Kier alpha value is -1.55. The average Bonchev–Trinajstić information content (AvgIpc) is 2.88. The van der Waals surface area contributed by atoms with Gasteiger partial charge >= 0.3 is 0 Å². The second kappa shape index (κ2) is 5.87. The Kier molecular flexibility index (Phi) is 4.20. The molecule has 0 aliphatic heterocycles. The highest BCUT2D eigenvalue weighted by atomic mass is 16.3. The summed E-state index contributed by atoms with van der Waals surface area (Å²) < 4.78 is 7.96. The molecule has 0 spiro atoms. The maximum Gasteiger partial charge on any atom is 0.124 e. The predicted molar refractivity (Wildman–Crippen MR) is 71.5 cm³/mol. The van der Waals surface area contributed by atoms with E-state index in [1.54, 1.807) is 0 Å². The highest BCUT2D eigenvalue weighted by Crippen LogP contribution is 2.16. The highest BCUT2D eigenvalue weighted by molar-refractivity contribution is 5.20. The highest BCUT2D eigenvalue weighted by Gasteiger charge is 2.08. The summed E-state index contributed by atoms with van der Waals surface area (Å²) >= 11 is 0. The van der Waals surface area contributed by atoms with E-state index in [1.807, 2.05) is 19.3 Å². The van der Waals surface area contributed by atoms with E-state index in [2.05, 4.69) is 34.8 Å². The molecule has 4 heteroatoms. The van der Waals surface area contributed by atoms with Gasteiger partial charge in [0.2, 0.25) is 0 Å². The zero-order valence-electron chi connectivity index (χ0n) is 11.4. The van der Waals surface area contributed by atoms with Crippen LogP contribution in [0, 0.1) is 13.8 Å². The first kappa shape index (κ1) is 12.9. The van der Waals surface area contributed by atoms with Gasteiger partial charge < -0.3 is 14.3 Å². The quantitative estimate of drug-likeness (QED) is 0.798. The van der Waals surface area contributed by atoms with Crippen LogP contribution in [-0.2, 0) is 13.1 Å². The van der Waals surface area contributed by atoms with Crippen molar-refractivity contribution in [2.45, 2.75) is 40.3 Å². The van der Waals surface area contributed by atoms with Crippen molar-refractivity contribution in [2.75, 3.05) is 6.54 Å². The normalized spacial score (nSPS) is 11.1. The average molecular weight is 247 g/mol. The molecular formula is C14H21N3O. The number of nitrogens with one attached hydrogen (secondary N) is 1. The Labute approximate surface area is 108 Å². The Balaban J connectivity index is 2.02. The molecule has 0 saturated carbocycles. The second-order valence-electron chi connectivity index (χ2n) is 4.60. The SMILES string of the molecule is CCCNCc1oc(Cn2ccnc2C)cc1C. The van der Waals surface area contributed by atoms with E-state index < -0.39 is 0 Å². The van der Waals surface area contributed by atoms with Crippen molar-refractivity contribution >= 4 is 0 Å². The van der Waals surface area contributed by atoms with Gasteiger partial charge in [0.25, 0.3) is 0 Å². The maximum absolute atomic E-state index is 5.88. The number of hydrogen-bond donors (Lipinski definition) is 1. The van der Waals surface area contributed by atoms with Crippen LogP contribution in [0.25, 0.3) is 0 Å². The fraction of sp³-hybridized carbons (Fsp3) is 0.500. The minimum absolute atomic E-state index is 0.750. The van der Waals surface area contributed by atoms with Gasteiger partial charge in [-0.3, -0.25) is 0 Å². The van der Waals surface area contributed by atoms with E-state index in [4.69, 9.17) is 4.42 Å².